The first kappa shape index (κ1) is 11.0. The maximum atomic E-state index is 8.57. The molecule has 0 fully saturated rings. The van der Waals surface area contributed by atoms with Crippen molar-refractivity contribution in [2.24, 2.45) is 0 Å². The van der Waals surface area contributed by atoms with Crippen molar-refractivity contribution in [3.63, 3.8) is 0 Å². The lowest BCUT2D eigenvalue weighted by Crippen LogP contribution is -1.49. The Balaban J connectivity index is 0. The number of alkyl halides is 1. The molecule has 0 saturated carbocycles. The Morgan fingerprint density at radius 2 is 2.12 bits per heavy atom. The van der Waals surface area contributed by atoms with Crippen molar-refractivity contribution in [2.45, 2.75) is 6.92 Å². The van der Waals surface area contributed by atoms with Crippen LogP contribution < -0.4 is 0 Å². The second-order valence-electron chi connectivity index (χ2n) is 0.812. The second kappa shape index (κ2) is 15.7. The molecule has 0 spiro atoms. The molecule has 3 heteroatoms. The Morgan fingerprint density at radius 1 is 1.75 bits per heavy atom. The zero-order chi connectivity index (χ0) is 6.83. The number of hydrogen-bond donors (Lipinski definition) is 0. The fourth-order valence-corrected chi connectivity index (χ4v) is 0.463. The lowest BCUT2D eigenvalue weighted by molar-refractivity contribution is 0.569. The maximum Gasteiger partial charge on any atom is 0.208 e. The Kier molecular flexibility index (Phi) is 21.7. The molecule has 0 aliphatic carbocycles. The van der Waals surface area contributed by atoms with Gasteiger partial charge in [0.15, 0.2) is 0 Å². The molecule has 0 N–H and O–H groups in total. The van der Waals surface area contributed by atoms with Crippen LogP contribution in [-0.4, -0.2) is 11.1 Å². The summed E-state index contributed by atoms with van der Waals surface area (Å²) < 4.78 is 0. The van der Waals surface area contributed by atoms with E-state index < -0.39 is 0 Å². The van der Waals surface area contributed by atoms with Crippen molar-refractivity contribution in [3.05, 3.63) is 12.2 Å². The summed E-state index contributed by atoms with van der Waals surface area (Å²) in [6.45, 7) is 2.00. The summed E-state index contributed by atoms with van der Waals surface area (Å²) in [7, 11) is 0. The number of rotatable bonds is 1. The normalized spacial score (nSPS) is 7.88. The Bertz CT molecular complexity index is 63.4. The largest absolute Gasteiger partial charge is 0.285 e. The van der Waals surface area contributed by atoms with Gasteiger partial charge in [-0.05, 0) is 18.5 Å². The van der Waals surface area contributed by atoms with Crippen LogP contribution in [0, 0.1) is 0 Å². The van der Waals surface area contributed by atoms with E-state index in [1.54, 1.807) is 0 Å². The molecule has 1 nitrogen and oxygen atoms in total. The van der Waals surface area contributed by atoms with Crippen molar-refractivity contribution < 1.29 is 4.79 Å². The van der Waals surface area contributed by atoms with E-state index in [4.69, 9.17) is 4.79 Å². The number of carbonyl (C=O) groups excluding carboxylic acids is 1. The van der Waals surface area contributed by atoms with Crippen molar-refractivity contribution >= 4 is 33.3 Å². The third-order valence-corrected chi connectivity index (χ3v) is 0.699. The molecule has 0 rings (SSSR count). The smallest absolute Gasteiger partial charge is 0.208 e. The molecule has 0 aliphatic rings. The van der Waals surface area contributed by atoms with Crippen LogP contribution in [-0.2, 0) is 4.79 Å². The van der Waals surface area contributed by atoms with Crippen molar-refractivity contribution in [1.29, 1.82) is 0 Å². The molecule has 0 saturated heterocycles. The number of allylic oxidation sites excluding steroid dienone is 2. The van der Waals surface area contributed by atoms with Gasteiger partial charge in [-0.25, -0.2) is 0 Å². The maximum absolute atomic E-state index is 8.57. The zero-order valence-electron chi connectivity index (χ0n) is 4.60. The van der Waals surface area contributed by atoms with Gasteiger partial charge in [0.2, 0.25) is 5.75 Å². The first-order valence-electron chi connectivity index (χ1n) is 2.04. The van der Waals surface area contributed by atoms with Crippen molar-refractivity contribution in [3.8, 4) is 0 Å². The minimum absolute atomic E-state index is 0.222. The summed E-state index contributed by atoms with van der Waals surface area (Å²) in [5.41, 5.74) is 0. The van der Waals surface area contributed by atoms with E-state index in [0.717, 1.165) is 5.33 Å². The summed E-state index contributed by atoms with van der Waals surface area (Å²) in [6, 6.07) is 0. The number of carbonyl (C=O) groups is 1. The summed E-state index contributed by atoms with van der Waals surface area (Å²) in [5, 5.41) is 0.976. The highest BCUT2D eigenvalue weighted by Crippen LogP contribution is 1.77. The topological polar surface area (TPSA) is 17.1 Å². The van der Waals surface area contributed by atoms with Crippen LogP contribution >= 0.6 is 27.5 Å². The molecule has 0 aromatic heterocycles. The first-order chi connectivity index (χ1) is 3.83. The van der Waals surface area contributed by atoms with Crippen LogP contribution in [0.3, 0.4) is 0 Å². The molecule has 0 heterocycles. The highest BCUT2D eigenvalue weighted by Gasteiger charge is 1.54. The lowest BCUT2D eigenvalue weighted by atomic mass is 10.6. The Hall–Kier alpha value is 0.180. The van der Waals surface area contributed by atoms with Gasteiger partial charge in [0.05, 0.1) is 0 Å². The molecule has 0 aromatic rings. The van der Waals surface area contributed by atoms with E-state index >= 15 is 0 Å². The average Bonchev–Trinajstić information content (AvgIpc) is 1.71. The van der Waals surface area contributed by atoms with Crippen LogP contribution in [0.2, 0.25) is 0 Å². The number of halogens is 2. The molecule has 0 aliphatic heterocycles. The highest BCUT2D eigenvalue weighted by atomic mass is 79.9. The second-order valence-corrected chi connectivity index (χ2v) is 1.64. The lowest BCUT2D eigenvalue weighted by Gasteiger charge is -1.63. The monoisotopic (exact) mass is 198 g/mol. The molecule has 0 bridgehead atoms. The van der Waals surface area contributed by atoms with Gasteiger partial charge >= 0.3 is 0 Å². The van der Waals surface area contributed by atoms with Gasteiger partial charge in [-0.2, -0.15) is 0 Å². The van der Waals surface area contributed by atoms with Crippen LogP contribution in [0.15, 0.2) is 12.2 Å². The third-order valence-electron chi connectivity index (χ3n) is 0.325. The molecule has 0 radical (unpaired) electrons. The van der Waals surface area contributed by atoms with Gasteiger partial charge in [0.25, 0.3) is 0 Å². The first-order valence-corrected chi connectivity index (χ1v) is 3.60. The Labute approximate surface area is 62.8 Å². The van der Waals surface area contributed by atoms with Crippen molar-refractivity contribution in [1.82, 2.24) is 0 Å². The average molecular weight is 199 g/mol. The minimum atomic E-state index is 0.222. The van der Waals surface area contributed by atoms with E-state index in [1.165, 1.54) is 0 Å². The van der Waals surface area contributed by atoms with E-state index in [9.17, 15) is 0 Å². The zero-order valence-corrected chi connectivity index (χ0v) is 6.95. The third kappa shape index (κ3) is 34.9. The van der Waals surface area contributed by atoms with Gasteiger partial charge in [-0.3, -0.25) is 4.79 Å². The molecule has 0 unspecified atom stereocenters. The van der Waals surface area contributed by atoms with Crippen molar-refractivity contribution in [2.75, 3.05) is 5.33 Å². The summed E-state index contributed by atoms with van der Waals surface area (Å²) in [4.78, 5) is 8.57. The van der Waals surface area contributed by atoms with Gasteiger partial charge in [-0.15, -0.1) is 0 Å². The van der Waals surface area contributed by atoms with Gasteiger partial charge in [0, 0.05) is 5.33 Å². The van der Waals surface area contributed by atoms with E-state index in [0.29, 0.717) is 0 Å². The standard InChI is InChI=1S/C4H7Br.CHClO/c1-2-3-4-5;2-1-3/h2-3H,4H2,1H3;1H/b3-2+;. The molecule has 0 amide bonds. The predicted molar refractivity (Wildman–Crippen MR) is 41.2 cm³/mol. The van der Waals surface area contributed by atoms with Gasteiger partial charge in [-0.1, -0.05) is 28.1 Å². The fraction of sp³-hybridized carbons (Fsp3) is 0.400. The van der Waals surface area contributed by atoms with E-state index in [-0.39, 0.29) is 5.75 Å². The number of hydrogen-bond acceptors (Lipinski definition) is 1. The molecule has 0 aromatic carbocycles. The summed E-state index contributed by atoms with van der Waals surface area (Å²) in [6.07, 6.45) is 4.05. The predicted octanol–water partition coefficient (Wildman–Crippen LogP) is 2.37. The van der Waals surface area contributed by atoms with Crippen LogP contribution in [0.5, 0.6) is 0 Å². The molecular formula is C5H8BrClO. The van der Waals surface area contributed by atoms with Gasteiger partial charge < -0.3 is 0 Å². The summed E-state index contributed by atoms with van der Waals surface area (Å²) >= 11 is 7.54. The van der Waals surface area contributed by atoms with E-state index in [1.807, 2.05) is 19.1 Å². The SMILES string of the molecule is C/C=C/CBr.O=CCl. The Morgan fingerprint density at radius 3 is 2.12 bits per heavy atom. The molecular weight excluding hydrogens is 191 g/mol. The van der Waals surface area contributed by atoms with Crippen LogP contribution in [0.1, 0.15) is 6.92 Å². The van der Waals surface area contributed by atoms with Crippen LogP contribution in [0.4, 0.5) is 0 Å². The highest BCUT2D eigenvalue weighted by molar-refractivity contribution is 9.09. The van der Waals surface area contributed by atoms with Crippen LogP contribution in [0.25, 0.3) is 0 Å². The van der Waals surface area contributed by atoms with Gasteiger partial charge in [0.1, 0.15) is 0 Å². The summed E-state index contributed by atoms with van der Waals surface area (Å²) in [5.74, 6) is 0.222. The molecule has 0 atom stereocenters. The fourth-order valence-electron chi connectivity index (χ4n) is 0.0891. The molecule has 48 valence electrons. The van der Waals surface area contributed by atoms with E-state index in [2.05, 4.69) is 27.5 Å². The molecule has 8 heavy (non-hydrogen) atoms. The quantitative estimate of drug-likeness (QED) is 0.274. The minimum Gasteiger partial charge on any atom is -0.285 e.